The summed E-state index contributed by atoms with van der Waals surface area (Å²) in [6.45, 7) is 5.72. The first kappa shape index (κ1) is 13.5. The second kappa shape index (κ2) is 5.36. The molecule has 0 spiro atoms. The van der Waals surface area contributed by atoms with Crippen molar-refractivity contribution < 1.29 is 9.90 Å². The normalized spacial score (nSPS) is 12.2. The summed E-state index contributed by atoms with van der Waals surface area (Å²) >= 11 is 1.56. The number of nitrogens with zero attached hydrogens (tertiary/aromatic N) is 2. The number of nitrogens with one attached hydrogen (secondary N) is 1. The molecular weight excluding hydrogens is 262 g/mol. The van der Waals surface area contributed by atoms with Crippen LogP contribution in [0.5, 0.6) is 0 Å². The third-order valence-corrected chi connectivity index (χ3v) is 3.80. The molecule has 0 aliphatic rings. The summed E-state index contributed by atoms with van der Waals surface area (Å²) in [6, 6.07) is 1.69. The van der Waals surface area contributed by atoms with Gasteiger partial charge in [-0.05, 0) is 26.8 Å². The maximum Gasteiger partial charge on any atom is 0.339 e. The number of anilines is 1. The number of hydrogen-bond acceptors (Lipinski definition) is 5. The number of hydrogen-bond donors (Lipinski definition) is 2. The van der Waals surface area contributed by atoms with E-state index < -0.39 is 5.97 Å². The first-order valence-electron chi connectivity index (χ1n) is 5.86. The fourth-order valence-corrected chi connectivity index (χ4v) is 2.52. The van der Waals surface area contributed by atoms with E-state index >= 15 is 0 Å². The summed E-state index contributed by atoms with van der Waals surface area (Å²) in [6.07, 6.45) is 1.37. The molecule has 0 aromatic carbocycles. The van der Waals surface area contributed by atoms with Crippen LogP contribution in [0.2, 0.25) is 0 Å². The van der Waals surface area contributed by atoms with Crippen LogP contribution >= 0.6 is 11.3 Å². The molecule has 0 aliphatic heterocycles. The van der Waals surface area contributed by atoms with Crippen LogP contribution in [0.25, 0.3) is 0 Å². The number of thiazole rings is 1. The third-order valence-electron chi connectivity index (χ3n) is 2.65. The van der Waals surface area contributed by atoms with Gasteiger partial charge in [0.1, 0.15) is 10.6 Å². The minimum atomic E-state index is -0.988. The van der Waals surface area contributed by atoms with Crippen LogP contribution in [0.4, 0.5) is 5.69 Å². The topological polar surface area (TPSA) is 75.1 Å². The minimum Gasteiger partial charge on any atom is -0.478 e. The maximum absolute atomic E-state index is 11.2. The third kappa shape index (κ3) is 3.08. The molecule has 5 nitrogen and oxygen atoms in total. The Morgan fingerprint density at radius 2 is 2.16 bits per heavy atom. The molecule has 0 aliphatic carbocycles. The molecule has 2 aromatic rings. The Balaban J connectivity index is 2.27. The van der Waals surface area contributed by atoms with E-state index in [0.717, 1.165) is 16.4 Å². The predicted octanol–water partition coefficient (Wildman–Crippen LogP) is 3.03. The number of carboxylic acid groups (broad SMARTS) is 1. The van der Waals surface area contributed by atoms with Crippen molar-refractivity contribution in [3.8, 4) is 0 Å². The SMILES string of the molecule is Cc1cc(NC(C)c2nc(C)cs2)c(C(=O)O)cn1. The lowest BCUT2D eigenvalue weighted by molar-refractivity contribution is 0.0697. The zero-order chi connectivity index (χ0) is 14.0. The number of carbonyl (C=O) groups is 1. The van der Waals surface area contributed by atoms with Gasteiger partial charge in [0.2, 0.25) is 0 Å². The molecule has 1 atom stereocenters. The monoisotopic (exact) mass is 277 g/mol. The number of carboxylic acids is 1. The van der Waals surface area contributed by atoms with E-state index in [1.54, 1.807) is 17.4 Å². The molecule has 0 saturated carbocycles. The first-order chi connectivity index (χ1) is 8.97. The Bertz CT molecular complexity index is 610. The van der Waals surface area contributed by atoms with Crippen LogP contribution < -0.4 is 5.32 Å². The van der Waals surface area contributed by atoms with Crippen molar-refractivity contribution in [2.45, 2.75) is 26.8 Å². The van der Waals surface area contributed by atoms with Crippen molar-refractivity contribution in [3.63, 3.8) is 0 Å². The van der Waals surface area contributed by atoms with Crippen molar-refractivity contribution in [3.05, 3.63) is 39.6 Å². The zero-order valence-electron chi connectivity index (χ0n) is 11.0. The number of pyridine rings is 1. The highest BCUT2D eigenvalue weighted by molar-refractivity contribution is 7.09. The van der Waals surface area contributed by atoms with Crippen LogP contribution in [-0.4, -0.2) is 21.0 Å². The lowest BCUT2D eigenvalue weighted by atomic mass is 10.2. The second-order valence-corrected chi connectivity index (χ2v) is 5.26. The van der Waals surface area contributed by atoms with Crippen LogP contribution in [0.1, 0.15) is 39.7 Å². The molecule has 0 bridgehead atoms. The summed E-state index contributed by atoms with van der Waals surface area (Å²) in [4.78, 5) is 19.6. The van der Waals surface area contributed by atoms with Gasteiger partial charge < -0.3 is 10.4 Å². The second-order valence-electron chi connectivity index (χ2n) is 4.37. The van der Waals surface area contributed by atoms with Crippen LogP contribution in [0.3, 0.4) is 0 Å². The molecular formula is C13H15N3O2S. The Kier molecular flexibility index (Phi) is 3.80. The van der Waals surface area contributed by atoms with Gasteiger partial charge in [0.15, 0.2) is 0 Å². The van der Waals surface area contributed by atoms with Crippen molar-refractivity contribution in [1.29, 1.82) is 0 Å². The van der Waals surface area contributed by atoms with Gasteiger partial charge in [-0.2, -0.15) is 0 Å². The van der Waals surface area contributed by atoms with Gasteiger partial charge in [-0.25, -0.2) is 9.78 Å². The lowest BCUT2D eigenvalue weighted by Crippen LogP contribution is -2.11. The van der Waals surface area contributed by atoms with E-state index in [-0.39, 0.29) is 11.6 Å². The van der Waals surface area contributed by atoms with Gasteiger partial charge in [0.05, 0.1) is 11.7 Å². The molecule has 0 fully saturated rings. The number of aryl methyl sites for hydroxylation is 2. The van der Waals surface area contributed by atoms with E-state index in [4.69, 9.17) is 5.11 Å². The van der Waals surface area contributed by atoms with Gasteiger partial charge >= 0.3 is 5.97 Å². The van der Waals surface area contributed by atoms with Gasteiger partial charge in [-0.3, -0.25) is 4.98 Å². The van der Waals surface area contributed by atoms with Crippen LogP contribution in [0, 0.1) is 13.8 Å². The van der Waals surface area contributed by atoms with E-state index in [1.165, 1.54) is 6.20 Å². The summed E-state index contributed by atoms with van der Waals surface area (Å²) in [5.74, 6) is -0.988. The van der Waals surface area contributed by atoms with Crippen molar-refractivity contribution in [1.82, 2.24) is 9.97 Å². The van der Waals surface area contributed by atoms with Gasteiger partial charge in [-0.15, -0.1) is 11.3 Å². The standard InChI is InChI=1S/C13H15N3O2S/c1-7-4-11(10(5-14-7)13(17)18)16-9(3)12-15-8(2)6-19-12/h4-6,9H,1-3H3,(H,14,16)(H,17,18). The minimum absolute atomic E-state index is 0.0430. The first-order valence-corrected chi connectivity index (χ1v) is 6.74. The highest BCUT2D eigenvalue weighted by Crippen LogP contribution is 2.24. The Morgan fingerprint density at radius 3 is 2.74 bits per heavy atom. The van der Waals surface area contributed by atoms with Gasteiger partial charge in [0, 0.05) is 23.0 Å². The zero-order valence-corrected chi connectivity index (χ0v) is 11.8. The average Bonchev–Trinajstić information content (AvgIpc) is 2.75. The van der Waals surface area contributed by atoms with Crippen molar-refractivity contribution >= 4 is 23.0 Å². The summed E-state index contributed by atoms with van der Waals surface area (Å²) in [7, 11) is 0. The fraction of sp³-hybridized carbons (Fsp3) is 0.308. The smallest absolute Gasteiger partial charge is 0.339 e. The molecule has 0 saturated heterocycles. The molecule has 2 N–H and O–H groups in total. The largest absolute Gasteiger partial charge is 0.478 e. The number of rotatable bonds is 4. The highest BCUT2D eigenvalue weighted by Gasteiger charge is 2.15. The molecule has 0 amide bonds. The Morgan fingerprint density at radius 1 is 1.42 bits per heavy atom. The highest BCUT2D eigenvalue weighted by atomic mass is 32.1. The van der Waals surface area contributed by atoms with Gasteiger partial charge in [0.25, 0.3) is 0 Å². The molecule has 2 rings (SSSR count). The molecule has 0 radical (unpaired) electrons. The number of aromatic nitrogens is 2. The van der Waals surface area contributed by atoms with Crippen LogP contribution in [-0.2, 0) is 0 Å². The van der Waals surface area contributed by atoms with E-state index in [9.17, 15) is 4.79 Å². The lowest BCUT2D eigenvalue weighted by Gasteiger charge is -2.15. The Hall–Kier alpha value is -1.95. The summed E-state index contributed by atoms with van der Waals surface area (Å²) in [5, 5.41) is 15.2. The van der Waals surface area contributed by atoms with Crippen LogP contribution in [0.15, 0.2) is 17.6 Å². The van der Waals surface area contributed by atoms with E-state index in [0.29, 0.717) is 5.69 Å². The number of aromatic carboxylic acids is 1. The molecule has 19 heavy (non-hydrogen) atoms. The summed E-state index contributed by atoms with van der Waals surface area (Å²) < 4.78 is 0. The van der Waals surface area contributed by atoms with E-state index in [1.807, 2.05) is 26.2 Å². The molecule has 2 heterocycles. The predicted molar refractivity (Wildman–Crippen MR) is 74.8 cm³/mol. The van der Waals surface area contributed by atoms with Crippen molar-refractivity contribution in [2.75, 3.05) is 5.32 Å². The summed E-state index contributed by atoms with van der Waals surface area (Å²) in [5.41, 5.74) is 2.49. The molecule has 6 heteroatoms. The molecule has 2 aromatic heterocycles. The van der Waals surface area contributed by atoms with Crippen molar-refractivity contribution in [2.24, 2.45) is 0 Å². The quantitative estimate of drug-likeness (QED) is 0.898. The molecule has 100 valence electrons. The molecule has 1 unspecified atom stereocenters. The Labute approximate surface area is 115 Å². The van der Waals surface area contributed by atoms with Gasteiger partial charge in [-0.1, -0.05) is 0 Å². The average molecular weight is 277 g/mol. The van der Waals surface area contributed by atoms with E-state index in [2.05, 4.69) is 15.3 Å². The maximum atomic E-state index is 11.2. The fourth-order valence-electron chi connectivity index (χ4n) is 1.72.